The van der Waals surface area contributed by atoms with Crippen molar-refractivity contribution in [1.29, 1.82) is 0 Å². The molecular formula is C23H21BrN2O6S. The number of nitrogens with zero attached hydrogens (tertiary/aromatic N) is 2. The number of rotatable bonds is 6. The fourth-order valence-electron chi connectivity index (χ4n) is 3.36. The van der Waals surface area contributed by atoms with Crippen LogP contribution >= 0.6 is 28.1 Å². The number of carbonyl (C=O) groups excluding carboxylic acids is 2. The summed E-state index contributed by atoms with van der Waals surface area (Å²) >= 11 is 8.65. The SMILES string of the molecule is CCOc1cc(C=C2C(=O)N(C)C(=S)N(C)C2=O)c(Br)cc1OCc1ccc2c(c1)OCO2. The first-order valence-electron chi connectivity index (χ1n) is 10.1. The number of halogens is 1. The largest absolute Gasteiger partial charge is 0.490 e. The molecule has 33 heavy (non-hydrogen) atoms. The maximum Gasteiger partial charge on any atom is 0.265 e. The zero-order valence-electron chi connectivity index (χ0n) is 18.2. The second kappa shape index (κ2) is 9.40. The second-order valence-electron chi connectivity index (χ2n) is 7.30. The minimum atomic E-state index is -0.462. The van der Waals surface area contributed by atoms with Crippen molar-refractivity contribution >= 4 is 51.2 Å². The molecule has 2 aliphatic rings. The highest BCUT2D eigenvalue weighted by Gasteiger charge is 2.35. The maximum absolute atomic E-state index is 12.7. The first kappa shape index (κ1) is 23.1. The van der Waals surface area contributed by atoms with Gasteiger partial charge in [0, 0.05) is 18.6 Å². The smallest absolute Gasteiger partial charge is 0.265 e. The average Bonchev–Trinajstić information content (AvgIpc) is 3.28. The van der Waals surface area contributed by atoms with Gasteiger partial charge in [-0.25, -0.2) is 0 Å². The van der Waals surface area contributed by atoms with Crippen LogP contribution in [0.25, 0.3) is 6.08 Å². The molecule has 0 aliphatic carbocycles. The summed E-state index contributed by atoms with van der Waals surface area (Å²) in [7, 11) is 3.07. The monoisotopic (exact) mass is 532 g/mol. The molecule has 2 aromatic rings. The molecule has 172 valence electrons. The third-order valence-electron chi connectivity index (χ3n) is 5.14. The van der Waals surface area contributed by atoms with Gasteiger partial charge in [-0.3, -0.25) is 19.4 Å². The highest BCUT2D eigenvalue weighted by Crippen LogP contribution is 2.37. The topological polar surface area (TPSA) is 77.5 Å². The van der Waals surface area contributed by atoms with E-state index in [4.69, 9.17) is 31.2 Å². The molecule has 0 atom stereocenters. The number of thiocarbonyl (C=S) groups is 1. The third-order valence-corrected chi connectivity index (χ3v) is 6.37. The van der Waals surface area contributed by atoms with Gasteiger partial charge in [0.25, 0.3) is 11.8 Å². The normalized spacial score (nSPS) is 15.3. The van der Waals surface area contributed by atoms with Gasteiger partial charge in [0.2, 0.25) is 6.79 Å². The lowest BCUT2D eigenvalue weighted by molar-refractivity contribution is -0.132. The van der Waals surface area contributed by atoms with Crippen molar-refractivity contribution in [3.8, 4) is 23.0 Å². The van der Waals surface area contributed by atoms with Crippen molar-refractivity contribution in [3.63, 3.8) is 0 Å². The fraction of sp³-hybridized carbons (Fsp3) is 0.261. The fourth-order valence-corrected chi connectivity index (χ4v) is 3.97. The summed E-state index contributed by atoms with van der Waals surface area (Å²) in [4.78, 5) is 27.8. The molecule has 0 unspecified atom stereocenters. The van der Waals surface area contributed by atoms with E-state index >= 15 is 0 Å². The number of carbonyl (C=O) groups is 2. The molecule has 1 fully saturated rings. The Bertz CT molecular complexity index is 1160. The summed E-state index contributed by atoms with van der Waals surface area (Å²) in [5.41, 5.74) is 1.51. The van der Waals surface area contributed by atoms with Crippen LogP contribution < -0.4 is 18.9 Å². The minimum Gasteiger partial charge on any atom is -0.490 e. The predicted molar refractivity (Wildman–Crippen MR) is 128 cm³/mol. The Morgan fingerprint density at radius 3 is 2.39 bits per heavy atom. The molecular weight excluding hydrogens is 512 g/mol. The Labute approximate surface area is 204 Å². The second-order valence-corrected chi connectivity index (χ2v) is 8.52. The van der Waals surface area contributed by atoms with E-state index in [2.05, 4.69) is 15.9 Å². The maximum atomic E-state index is 12.7. The highest BCUT2D eigenvalue weighted by molar-refractivity contribution is 9.10. The Morgan fingerprint density at radius 2 is 1.70 bits per heavy atom. The van der Waals surface area contributed by atoms with E-state index in [0.29, 0.717) is 39.6 Å². The summed E-state index contributed by atoms with van der Waals surface area (Å²) in [5, 5.41) is 0.156. The van der Waals surface area contributed by atoms with Gasteiger partial charge in [0.15, 0.2) is 28.1 Å². The predicted octanol–water partition coefficient (Wildman–Crippen LogP) is 3.75. The van der Waals surface area contributed by atoms with Crippen molar-refractivity contribution < 1.29 is 28.5 Å². The Hall–Kier alpha value is -3.11. The lowest BCUT2D eigenvalue weighted by Gasteiger charge is -2.31. The molecule has 2 aromatic carbocycles. The Kier molecular flexibility index (Phi) is 6.57. The number of hydrogen-bond donors (Lipinski definition) is 0. The van der Waals surface area contributed by atoms with Crippen LogP contribution in [0.3, 0.4) is 0 Å². The molecule has 0 radical (unpaired) electrons. The lowest BCUT2D eigenvalue weighted by Crippen LogP contribution is -2.52. The molecule has 0 aromatic heterocycles. The van der Waals surface area contributed by atoms with Crippen LogP contribution in [0.4, 0.5) is 0 Å². The number of benzene rings is 2. The molecule has 0 bridgehead atoms. The van der Waals surface area contributed by atoms with Crippen LogP contribution in [0.15, 0.2) is 40.4 Å². The minimum absolute atomic E-state index is 0.00535. The van der Waals surface area contributed by atoms with Crippen molar-refractivity contribution in [2.24, 2.45) is 0 Å². The Balaban J connectivity index is 1.62. The van der Waals surface area contributed by atoms with E-state index in [-0.39, 0.29) is 24.1 Å². The zero-order chi connectivity index (χ0) is 23.7. The number of amides is 2. The van der Waals surface area contributed by atoms with Crippen LogP contribution in [-0.2, 0) is 16.2 Å². The molecule has 10 heteroatoms. The van der Waals surface area contributed by atoms with Gasteiger partial charge in [-0.15, -0.1) is 0 Å². The summed E-state index contributed by atoms with van der Waals surface area (Å²) in [6, 6.07) is 9.09. The molecule has 2 aliphatic heterocycles. The number of hydrogen-bond acceptors (Lipinski definition) is 7. The van der Waals surface area contributed by atoms with E-state index < -0.39 is 11.8 Å². The van der Waals surface area contributed by atoms with Crippen LogP contribution in [0, 0.1) is 0 Å². The van der Waals surface area contributed by atoms with E-state index in [1.807, 2.05) is 25.1 Å². The van der Waals surface area contributed by atoms with Crippen molar-refractivity contribution in [2.75, 3.05) is 27.5 Å². The van der Waals surface area contributed by atoms with E-state index in [9.17, 15) is 9.59 Å². The summed E-state index contributed by atoms with van der Waals surface area (Å²) in [5.74, 6) is 1.46. The molecule has 0 saturated carbocycles. The summed E-state index contributed by atoms with van der Waals surface area (Å²) in [6.07, 6.45) is 1.52. The number of fused-ring (bicyclic) bond motifs is 1. The highest BCUT2D eigenvalue weighted by atomic mass is 79.9. The lowest BCUT2D eigenvalue weighted by atomic mass is 10.1. The van der Waals surface area contributed by atoms with Gasteiger partial charge in [-0.05, 0) is 60.6 Å². The van der Waals surface area contributed by atoms with Crippen LogP contribution in [0.5, 0.6) is 23.0 Å². The molecule has 2 heterocycles. The quantitative estimate of drug-likeness (QED) is 0.318. The number of ether oxygens (including phenoxy) is 4. The van der Waals surface area contributed by atoms with Crippen LogP contribution in [-0.4, -0.2) is 54.2 Å². The van der Waals surface area contributed by atoms with Gasteiger partial charge < -0.3 is 18.9 Å². The first-order chi connectivity index (χ1) is 15.8. The molecule has 8 nitrogen and oxygen atoms in total. The molecule has 0 spiro atoms. The van der Waals surface area contributed by atoms with Gasteiger partial charge in [0.05, 0.1) is 6.61 Å². The van der Waals surface area contributed by atoms with Gasteiger partial charge in [0.1, 0.15) is 12.2 Å². The van der Waals surface area contributed by atoms with Crippen LogP contribution in [0.1, 0.15) is 18.1 Å². The standard InChI is InChI=1S/C23H21BrN2O6S/c1-4-29-19-9-14(8-15-21(27)25(2)23(33)26(3)22(15)28)16(24)10-20(19)30-11-13-5-6-17-18(7-13)32-12-31-17/h5-10H,4,11-12H2,1-3H3. The molecule has 0 N–H and O–H groups in total. The average molecular weight is 533 g/mol. The van der Waals surface area contributed by atoms with Gasteiger partial charge in [-0.2, -0.15) is 0 Å². The van der Waals surface area contributed by atoms with Gasteiger partial charge in [-0.1, -0.05) is 22.0 Å². The first-order valence-corrected chi connectivity index (χ1v) is 11.3. The van der Waals surface area contributed by atoms with E-state index in [0.717, 1.165) is 5.56 Å². The van der Waals surface area contributed by atoms with E-state index in [1.54, 1.807) is 12.1 Å². The van der Waals surface area contributed by atoms with Crippen molar-refractivity contribution in [1.82, 2.24) is 9.80 Å². The molecule has 2 amide bonds. The van der Waals surface area contributed by atoms with E-state index in [1.165, 1.54) is 30.0 Å². The zero-order valence-corrected chi connectivity index (χ0v) is 20.6. The summed E-state index contributed by atoms with van der Waals surface area (Å²) < 4.78 is 23.2. The number of likely N-dealkylation sites (N-methyl/N-ethyl adjacent to an activating group) is 2. The Morgan fingerprint density at radius 1 is 1.03 bits per heavy atom. The summed E-state index contributed by atoms with van der Waals surface area (Å²) in [6.45, 7) is 2.77. The van der Waals surface area contributed by atoms with Crippen LogP contribution in [0.2, 0.25) is 0 Å². The molecule has 4 rings (SSSR count). The molecule has 1 saturated heterocycles. The van der Waals surface area contributed by atoms with Crippen molar-refractivity contribution in [2.45, 2.75) is 13.5 Å². The third kappa shape index (κ3) is 4.53. The van der Waals surface area contributed by atoms with Gasteiger partial charge >= 0.3 is 0 Å². The van der Waals surface area contributed by atoms with Crippen molar-refractivity contribution in [3.05, 3.63) is 51.5 Å².